The minimum atomic E-state index is -4.77. The first-order chi connectivity index (χ1) is 11.2. The third-order valence-electron chi connectivity index (χ3n) is 3.58. The van der Waals surface area contributed by atoms with E-state index in [1.54, 1.807) is 0 Å². The number of aliphatic hydroxyl groups excluding tert-OH is 2. The Labute approximate surface area is 162 Å². The molecular weight excluding hydrogens is 372 g/mol. The summed E-state index contributed by atoms with van der Waals surface area (Å²) in [6.07, 6.45) is -4.23. The topological polar surface area (TPSA) is 197 Å². The number of rotatable bonds is 4. The molecule has 0 aromatic carbocycles. The van der Waals surface area contributed by atoms with Crippen LogP contribution in [0.1, 0.15) is 0 Å². The molecule has 1 fully saturated rings. The van der Waals surface area contributed by atoms with Crippen LogP contribution < -0.4 is 5.32 Å². The van der Waals surface area contributed by atoms with Gasteiger partial charge in [-0.15, -0.1) is 0 Å². The molecule has 5 atom stereocenters. The van der Waals surface area contributed by atoms with Gasteiger partial charge in [0.05, 0.1) is 12.9 Å². The molecule has 3 heterocycles. The summed E-state index contributed by atoms with van der Waals surface area (Å²) in [6.45, 7) is -0.657. The van der Waals surface area contributed by atoms with Crippen LogP contribution in [0.15, 0.2) is 9.98 Å². The molecule has 3 rings (SSSR count). The van der Waals surface area contributed by atoms with Crippen LogP contribution >= 0.6 is 7.82 Å². The van der Waals surface area contributed by atoms with Gasteiger partial charge in [-0.2, -0.15) is 4.99 Å². The van der Waals surface area contributed by atoms with Gasteiger partial charge in [0.1, 0.15) is 18.3 Å². The predicted molar refractivity (Wildman–Crippen MR) is 81.8 cm³/mol. The van der Waals surface area contributed by atoms with Crippen LogP contribution in [-0.4, -0.2) is 116 Å². The van der Waals surface area contributed by atoms with E-state index in [9.17, 15) is 19.6 Å². The largest absolute Gasteiger partial charge is 0.469 e. The van der Waals surface area contributed by atoms with Crippen molar-refractivity contribution in [2.24, 2.45) is 9.98 Å². The Kier molecular flexibility index (Phi) is 6.16. The number of carbonyl (C=O) groups is 1. The maximum absolute atomic E-state index is 11.7. The number of amidine groups is 1. The first-order valence-corrected chi connectivity index (χ1v) is 8.22. The summed E-state index contributed by atoms with van der Waals surface area (Å²) in [7, 11) is -4.77. The van der Waals surface area contributed by atoms with E-state index in [1.165, 1.54) is 11.2 Å². The Balaban J connectivity index is 0.00000225. The number of fused-ring (bicyclic) bond motifs is 1. The zero-order chi connectivity index (χ0) is 17.6. The van der Waals surface area contributed by atoms with E-state index < -0.39 is 56.9 Å². The molecule has 133 valence electrons. The van der Waals surface area contributed by atoms with Crippen molar-refractivity contribution in [2.45, 2.75) is 30.6 Å². The fourth-order valence-electron chi connectivity index (χ4n) is 2.50. The molecule has 0 aliphatic carbocycles. The Morgan fingerprint density at radius 2 is 2.08 bits per heavy atom. The van der Waals surface area contributed by atoms with Gasteiger partial charge in [-0.25, -0.2) is 4.57 Å². The molecule has 0 saturated carbocycles. The van der Waals surface area contributed by atoms with E-state index in [1.807, 2.05) is 0 Å². The van der Waals surface area contributed by atoms with Crippen molar-refractivity contribution < 1.29 is 38.6 Å². The van der Waals surface area contributed by atoms with E-state index in [0.717, 1.165) is 0 Å². The van der Waals surface area contributed by atoms with Crippen molar-refractivity contribution in [3.05, 3.63) is 0 Å². The third kappa shape index (κ3) is 4.17. The zero-order valence-electron chi connectivity index (χ0n) is 12.9. The number of aliphatic hydroxyl groups is 2. The van der Waals surface area contributed by atoms with E-state index in [0.29, 0.717) is 0 Å². The number of phosphoric ester groups is 1. The van der Waals surface area contributed by atoms with Gasteiger partial charge in [0.15, 0.2) is 18.1 Å². The zero-order valence-corrected chi connectivity index (χ0v) is 15.8. The Morgan fingerprint density at radius 3 is 2.72 bits per heavy atom. The quantitative estimate of drug-likeness (QED) is 0.208. The van der Waals surface area contributed by atoms with Gasteiger partial charge in [0, 0.05) is 29.6 Å². The normalized spacial score (nSPS) is 34.5. The summed E-state index contributed by atoms with van der Waals surface area (Å²) >= 11 is 0. The van der Waals surface area contributed by atoms with Crippen molar-refractivity contribution in [2.75, 3.05) is 6.61 Å². The molecule has 3 aliphatic heterocycles. The number of hydrogen-bond donors (Lipinski definition) is 6. The van der Waals surface area contributed by atoms with Gasteiger partial charge in [0.2, 0.25) is 5.96 Å². The number of ether oxygens (including phenoxy) is 1. The van der Waals surface area contributed by atoms with Gasteiger partial charge in [0.25, 0.3) is 5.91 Å². The summed E-state index contributed by atoms with van der Waals surface area (Å²) < 4.78 is 20.4. The average Bonchev–Trinajstić information content (AvgIpc) is 3.00. The second-order valence-electron chi connectivity index (χ2n) is 5.21. The van der Waals surface area contributed by atoms with E-state index >= 15 is 0 Å². The fraction of sp³-hybridized carbons (Fsp3) is 0.600. The summed E-state index contributed by atoms with van der Waals surface area (Å²) in [5.41, 5.74) is 0. The van der Waals surface area contributed by atoms with Crippen LogP contribution in [0.5, 0.6) is 0 Å². The first kappa shape index (κ1) is 20.6. The molecule has 1 unspecified atom stereocenters. The van der Waals surface area contributed by atoms with Crippen LogP contribution in [0, 0.1) is 5.41 Å². The number of amides is 1. The van der Waals surface area contributed by atoms with Crippen LogP contribution in [0.3, 0.4) is 0 Å². The smallest absolute Gasteiger partial charge is 0.387 e. The van der Waals surface area contributed by atoms with Crippen LogP contribution in [0.4, 0.5) is 0 Å². The number of aliphatic imine (C=N–C) groups is 2. The van der Waals surface area contributed by atoms with Crippen LogP contribution in [0.2, 0.25) is 0 Å². The average molecular weight is 386 g/mol. The molecule has 0 aromatic heterocycles. The van der Waals surface area contributed by atoms with Gasteiger partial charge in [-0.3, -0.25) is 29.9 Å². The minimum Gasteiger partial charge on any atom is -0.387 e. The Bertz CT molecular complexity index is 682. The van der Waals surface area contributed by atoms with Gasteiger partial charge >= 0.3 is 7.82 Å². The summed E-state index contributed by atoms with van der Waals surface area (Å²) in [5.74, 6) is -0.939. The van der Waals surface area contributed by atoms with Crippen molar-refractivity contribution in [3.63, 3.8) is 0 Å². The maximum atomic E-state index is 11.7. The van der Waals surface area contributed by atoms with Gasteiger partial charge < -0.3 is 24.7 Å². The SMILES string of the molecule is N=C1N=C2C(N=CN2[C@@H]2O[C@H](COP(=O)(O)O)[C@@H](O)[C@H]2O)C(=O)N1.[Na]. The van der Waals surface area contributed by atoms with Crippen LogP contribution in [-0.2, 0) is 18.6 Å². The Hall–Kier alpha value is -0.730. The summed E-state index contributed by atoms with van der Waals surface area (Å²) in [6, 6.07) is -1.00. The molecule has 0 bridgehead atoms. The number of guanidine groups is 1. The minimum absolute atomic E-state index is 0. The van der Waals surface area contributed by atoms with Gasteiger partial charge in [-0.05, 0) is 0 Å². The molecule has 1 radical (unpaired) electrons. The number of nitrogens with zero attached hydrogens (tertiary/aromatic N) is 3. The second kappa shape index (κ2) is 7.48. The van der Waals surface area contributed by atoms with Crippen molar-refractivity contribution in [1.29, 1.82) is 5.41 Å². The molecule has 15 heteroatoms. The van der Waals surface area contributed by atoms with Crippen molar-refractivity contribution in [3.8, 4) is 0 Å². The Morgan fingerprint density at radius 1 is 1.40 bits per heavy atom. The van der Waals surface area contributed by atoms with Crippen molar-refractivity contribution in [1.82, 2.24) is 10.2 Å². The standard InChI is InChI=1S/C10H14N5O8P.Na/c11-10-13-7-4(8(18)14-10)12-2-15(7)9-6(17)5(16)3(23-9)1-22-24(19,20)21;/h2-6,9,16-17H,1H2,(H2,11,14,18)(H2,19,20,21);/t3-,4?,5-,6-,9-;/m1./s1. The maximum Gasteiger partial charge on any atom is 0.469 e. The summed E-state index contributed by atoms with van der Waals surface area (Å²) in [5, 5.41) is 29.7. The molecule has 0 aromatic rings. The number of hydrogen-bond acceptors (Lipinski definition) is 9. The van der Waals surface area contributed by atoms with Crippen LogP contribution in [0.25, 0.3) is 0 Å². The molecule has 1 saturated heterocycles. The van der Waals surface area contributed by atoms with Gasteiger partial charge in [-0.1, -0.05) is 0 Å². The fourth-order valence-corrected chi connectivity index (χ4v) is 2.84. The van der Waals surface area contributed by atoms with E-state index in [-0.39, 0.29) is 35.4 Å². The molecule has 6 N–H and O–H groups in total. The molecule has 0 spiro atoms. The second-order valence-corrected chi connectivity index (χ2v) is 6.45. The van der Waals surface area contributed by atoms with Crippen molar-refractivity contribution >= 4 is 61.4 Å². The number of phosphoric acid groups is 1. The molecule has 25 heavy (non-hydrogen) atoms. The summed E-state index contributed by atoms with van der Waals surface area (Å²) in [4.78, 5) is 38.0. The van der Waals surface area contributed by atoms with E-state index in [4.69, 9.17) is 19.9 Å². The first-order valence-electron chi connectivity index (χ1n) is 6.68. The molecular formula is C10H14N5NaO8P. The number of carbonyl (C=O) groups excluding carboxylic acids is 1. The predicted octanol–water partition coefficient (Wildman–Crippen LogP) is -3.66. The molecule has 3 aliphatic rings. The monoisotopic (exact) mass is 386 g/mol. The van der Waals surface area contributed by atoms with E-state index in [2.05, 4.69) is 19.8 Å². The third-order valence-corrected chi connectivity index (χ3v) is 4.07. The number of nitrogens with one attached hydrogen (secondary N) is 2. The molecule has 1 amide bonds. The molecule has 13 nitrogen and oxygen atoms in total.